The Hall–Kier alpha value is -0.780. The summed E-state index contributed by atoms with van der Waals surface area (Å²) in [6.45, 7) is 4.41. The minimum Gasteiger partial charge on any atom is -0.497 e. The summed E-state index contributed by atoms with van der Waals surface area (Å²) in [7, 11) is -1.38. The Morgan fingerprint density at radius 3 is 2.59 bits per heavy atom. The number of rotatable bonds is 11. The summed E-state index contributed by atoms with van der Waals surface area (Å²) in [4.78, 5) is 4.40. The van der Waals surface area contributed by atoms with E-state index in [1.807, 2.05) is 19.1 Å². The predicted molar refractivity (Wildman–Crippen MR) is 122 cm³/mol. The van der Waals surface area contributed by atoms with Crippen LogP contribution < -0.4 is 15.4 Å². The molecule has 0 aliphatic rings. The van der Waals surface area contributed by atoms with Gasteiger partial charge in [-0.3, -0.25) is 4.99 Å². The van der Waals surface area contributed by atoms with Gasteiger partial charge < -0.3 is 20.1 Å². The van der Waals surface area contributed by atoms with Gasteiger partial charge in [0.2, 0.25) is 0 Å². The Morgan fingerprint density at radius 1 is 1.26 bits per heavy atom. The van der Waals surface area contributed by atoms with Crippen LogP contribution in [0, 0.1) is 0 Å². The highest BCUT2D eigenvalue weighted by Crippen LogP contribution is 2.22. The van der Waals surface area contributed by atoms with Gasteiger partial charge >= 0.3 is 0 Å². The quantitative estimate of drug-likeness (QED) is 0.196. The zero-order valence-corrected chi connectivity index (χ0v) is 19.9. The van der Waals surface area contributed by atoms with Gasteiger partial charge in [-0.05, 0) is 31.0 Å². The number of sulfone groups is 1. The Balaban J connectivity index is 0.00000676. The summed E-state index contributed by atoms with van der Waals surface area (Å²) in [5.41, 5.74) is 1.03. The lowest BCUT2D eigenvalue weighted by molar-refractivity contribution is 0.157. The molecule has 0 saturated heterocycles. The third-order valence-corrected chi connectivity index (χ3v) is 4.66. The van der Waals surface area contributed by atoms with E-state index >= 15 is 0 Å². The number of methoxy groups -OCH3 is 1. The molecule has 0 aliphatic heterocycles. The van der Waals surface area contributed by atoms with Gasteiger partial charge in [-0.15, -0.1) is 24.0 Å². The van der Waals surface area contributed by atoms with Crippen molar-refractivity contribution in [1.29, 1.82) is 0 Å². The van der Waals surface area contributed by atoms with Gasteiger partial charge in [-0.1, -0.05) is 17.7 Å². The van der Waals surface area contributed by atoms with Crippen molar-refractivity contribution in [3.05, 3.63) is 28.8 Å². The lowest BCUT2D eigenvalue weighted by Crippen LogP contribution is -2.38. The highest BCUT2D eigenvalue weighted by atomic mass is 127. The molecule has 0 bridgehead atoms. The maximum Gasteiger partial charge on any atom is 0.191 e. The van der Waals surface area contributed by atoms with Gasteiger partial charge in [0.05, 0.1) is 32.6 Å². The molecule has 7 nitrogen and oxygen atoms in total. The molecule has 0 atom stereocenters. The van der Waals surface area contributed by atoms with Crippen molar-refractivity contribution in [2.24, 2.45) is 4.99 Å². The van der Waals surface area contributed by atoms with E-state index in [4.69, 9.17) is 21.1 Å². The largest absolute Gasteiger partial charge is 0.497 e. The molecular formula is C17H29ClIN3O4S. The van der Waals surface area contributed by atoms with Crippen LogP contribution in [-0.4, -0.2) is 66.3 Å². The summed E-state index contributed by atoms with van der Waals surface area (Å²) in [5.74, 6) is 1.44. The zero-order valence-electron chi connectivity index (χ0n) is 16.0. The van der Waals surface area contributed by atoms with Crippen molar-refractivity contribution < 1.29 is 17.9 Å². The molecule has 0 heterocycles. The van der Waals surface area contributed by atoms with E-state index in [2.05, 4.69) is 15.6 Å². The van der Waals surface area contributed by atoms with Gasteiger partial charge in [-0.25, -0.2) is 8.42 Å². The Labute approximate surface area is 184 Å². The number of hydrogen-bond acceptors (Lipinski definition) is 5. The van der Waals surface area contributed by atoms with Crippen LogP contribution in [-0.2, 0) is 21.0 Å². The molecule has 0 radical (unpaired) electrons. The van der Waals surface area contributed by atoms with Gasteiger partial charge in [0.25, 0.3) is 0 Å². The SMILES string of the molecule is CCNC(=NCCOCCS(C)(=O)=O)NCCc1ccc(OC)cc1Cl.I. The van der Waals surface area contributed by atoms with E-state index in [9.17, 15) is 8.42 Å². The van der Waals surface area contributed by atoms with Crippen molar-refractivity contribution in [3.8, 4) is 5.75 Å². The molecule has 27 heavy (non-hydrogen) atoms. The Bertz CT molecular complexity index is 687. The molecule has 0 aliphatic carbocycles. The first-order valence-corrected chi connectivity index (χ1v) is 10.9. The van der Waals surface area contributed by atoms with Crippen LogP contribution in [0.2, 0.25) is 5.02 Å². The number of guanidine groups is 1. The molecule has 0 amide bonds. The fourth-order valence-electron chi connectivity index (χ4n) is 2.05. The first-order chi connectivity index (χ1) is 12.4. The summed E-state index contributed by atoms with van der Waals surface area (Å²) in [5, 5.41) is 7.06. The van der Waals surface area contributed by atoms with Crippen molar-refractivity contribution in [1.82, 2.24) is 10.6 Å². The minimum absolute atomic E-state index is 0. The van der Waals surface area contributed by atoms with Crippen LogP contribution in [0.1, 0.15) is 12.5 Å². The lowest BCUT2D eigenvalue weighted by atomic mass is 10.1. The predicted octanol–water partition coefficient (Wildman–Crippen LogP) is 2.13. The van der Waals surface area contributed by atoms with Crippen LogP contribution in [0.4, 0.5) is 0 Å². The van der Waals surface area contributed by atoms with E-state index in [0.717, 1.165) is 24.3 Å². The Morgan fingerprint density at radius 2 is 2.00 bits per heavy atom. The van der Waals surface area contributed by atoms with Crippen LogP contribution in [0.25, 0.3) is 0 Å². The summed E-state index contributed by atoms with van der Waals surface area (Å²) in [6, 6.07) is 5.63. The number of benzene rings is 1. The normalized spacial score (nSPS) is 11.6. The van der Waals surface area contributed by atoms with Crippen molar-refractivity contribution >= 4 is 51.4 Å². The van der Waals surface area contributed by atoms with Gasteiger partial charge in [0.15, 0.2) is 5.96 Å². The molecule has 1 rings (SSSR count). The topological polar surface area (TPSA) is 89.0 Å². The fourth-order valence-corrected chi connectivity index (χ4v) is 2.74. The number of nitrogens with one attached hydrogen (secondary N) is 2. The first kappa shape index (κ1) is 26.2. The third-order valence-electron chi connectivity index (χ3n) is 3.40. The number of ether oxygens (including phenoxy) is 2. The second-order valence-corrected chi connectivity index (χ2v) is 8.30. The van der Waals surface area contributed by atoms with Crippen molar-refractivity contribution in [3.63, 3.8) is 0 Å². The average Bonchev–Trinajstić information content (AvgIpc) is 2.58. The third kappa shape index (κ3) is 12.3. The van der Waals surface area contributed by atoms with Gasteiger partial charge in [-0.2, -0.15) is 0 Å². The lowest BCUT2D eigenvalue weighted by Gasteiger charge is -2.12. The molecule has 2 N–H and O–H groups in total. The maximum atomic E-state index is 11.0. The Kier molecular flexibility index (Phi) is 13.8. The number of nitrogens with zero attached hydrogens (tertiary/aromatic N) is 1. The molecule has 0 unspecified atom stereocenters. The number of hydrogen-bond donors (Lipinski definition) is 2. The number of halogens is 2. The second kappa shape index (κ2) is 14.3. The van der Waals surface area contributed by atoms with Crippen LogP contribution in [0.3, 0.4) is 0 Å². The van der Waals surface area contributed by atoms with E-state index in [0.29, 0.717) is 30.7 Å². The molecule has 156 valence electrons. The van der Waals surface area contributed by atoms with E-state index in [1.54, 1.807) is 13.2 Å². The second-order valence-electron chi connectivity index (χ2n) is 5.64. The summed E-state index contributed by atoms with van der Waals surface area (Å²) >= 11 is 6.24. The van der Waals surface area contributed by atoms with Crippen molar-refractivity contribution in [2.75, 3.05) is 52.0 Å². The summed E-state index contributed by atoms with van der Waals surface area (Å²) in [6.07, 6.45) is 1.94. The van der Waals surface area contributed by atoms with Crippen LogP contribution >= 0.6 is 35.6 Å². The smallest absolute Gasteiger partial charge is 0.191 e. The molecule has 1 aromatic rings. The van der Waals surface area contributed by atoms with E-state index < -0.39 is 9.84 Å². The average molecular weight is 534 g/mol. The van der Waals surface area contributed by atoms with Crippen LogP contribution in [0.15, 0.2) is 23.2 Å². The molecule has 0 saturated carbocycles. The van der Waals surface area contributed by atoms with E-state index in [1.165, 1.54) is 6.26 Å². The molecular weight excluding hydrogens is 505 g/mol. The molecule has 0 spiro atoms. The highest BCUT2D eigenvalue weighted by Gasteiger charge is 2.04. The first-order valence-electron chi connectivity index (χ1n) is 8.45. The standard InChI is InChI=1S/C17H28ClN3O4S.HI/c1-4-19-17(21-9-10-25-11-12-26(3,22)23)20-8-7-14-5-6-15(24-2)13-16(14)18;/h5-6,13H,4,7-12H2,1-3H3,(H2,19,20,21);1H. The molecule has 10 heteroatoms. The number of aliphatic imine (C=N–C) groups is 1. The fraction of sp³-hybridized carbons (Fsp3) is 0.588. The van der Waals surface area contributed by atoms with Gasteiger partial charge in [0.1, 0.15) is 15.6 Å². The van der Waals surface area contributed by atoms with Crippen LogP contribution in [0.5, 0.6) is 5.75 Å². The monoisotopic (exact) mass is 533 g/mol. The summed E-state index contributed by atoms with van der Waals surface area (Å²) < 4.78 is 32.4. The van der Waals surface area contributed by atoms with Crippen molar-refractivity contribution in [2.45, 2.75) is 13.3 Å². The maximum absolute atomic E-state index is 11.0. The zero-order chi connectivity index (χ0) is 19.4. The molecule has 0 fully saturated rings. The molecule has 0 aromatic heterocycles. The van der Waals surface area contributed by atoms with Gasteiger partial charge in [0, 0.05) is 24.4 Å². The van der Waals surface area contributed by atoms with E-state index in [-0.39, 0.29) is 36.3 Å². The molecule has 1 aromatic carbocycles. The highest BCUT2D eigenvalue weighted by molar-refractivity contribution is 14.0. The minimum atomic E-state index is -2.99.